The molecule has 0 aromatic heterocycles. The monoisotopic (exact) mass is 408 g/mol. The molecule has 1 aliphatic heterocycles. The van der Waals surface area contributed by atoms with Gasteiger partial charge in [0.15, 0.2) is 5.72 Å². The third kappa shape index (κ3) is 12.7. The van der Waals surface area contributed by atoms with Crippen LogP contribution in [-0.4, -0.2) is 46.2 Å². The first-order valence-corrected chi connectivity index (χ1v) is 11.9. The largest absolute Gasteiger partial charge is 0.481 e. The summed E-state index contributed by atoms with van der Waals surface area (Å²) in [5.41, 5.74) is -1.36. The molecule has 1 unspecified atom stereocenters. The summed E-state index contributed by atoms with van der Waals surface area (Å²) in [4.78, 5) is 16.8. The van der Waals surface area contributed by atoms with E-state index in [-0.39, 0.29) is 6.42 Å². The SMILES string of the molecule is CCCCCCCCCCCCCCCC=CCC(O)(CC(=O)O)N1C=NCC1. The van der Waals surface area contributed by atoms with E-state index in [2.05, 4.69) is 18.0 Å². The van der Waals surface area contributed by atoms with E-state index in [1.807, 2.05) is 6.08 Å². The minimum Gasteiger partial charge on any atom is -0.481 e. The predicted molar refractivity (Wildman–Crippen MR) is 121 cm³/mol. The maximum Gasteiger partial charge on any atom is 0.308 e. The summed E-state index contributed by atoms with van der Waals surface area (Å²) in [6, 6.07) is 0. The van der Waals surface area contributed by atoms with Gasteiger partial charge in [0, 0.05) is 13.0 Å². The summed E-state index contributed by atoms with van der Waals surface area (Å²) < 4.78 is 0. The summed E-state index contributed by atoms with van der Waals surface area (Å²) in [7, 11) is 0. The number of hydrogen-bond acceptors (Lipinski definition) is 4. The summed E-state index contributed by atoms with van der Waals surface area (Å²) in [5.74, 6) is -0.988. The smallest absolute Gasteiger partial charge is 0.308 e. The molecule has 29 heavy (non-hydrogen) atoms. The Bertz CT molecular complexity index is 479. The highest BCUT2D eigenvalue weighted by Gasteiger charge is 2.35. The lowest BCUT2D eigenvalue weighted by Gasteiger charge is -2.34. The van der Waals surface area contributed by atoms with Crippen LogP contribution >= 0.6 is 0 Å². The molecule has 0 aliphatic carbocycles. The third-order valence-electron chi connectivity index (χ3n) is 5.75. The van der Waals surface area contributed by atoms with Crippen molar-refractivity contribution in [3.05, 3.63) is 12.2 Å². The van der Waals surface area contributed by atoms with Crippen molar-refractivity contribution in [3.63, 3.8) is 0 Å². The molecule has 0 amide bonds. The van der Waals surface area contributed by atoms with Crippen molar-refractivity contribution in [1.29, 1.82) is 0 Å². The summed E-state index contributed by atoms with van der Waals surface area (Å²) in [5, 5.41) is 19.8. The molecule has 2 N–H and O–H groups in total. The number of carbonyl (C=O) groups is 1. The average molecular weight is 409 g/mol. The number of carboxylic acid groups (broad SMARTS) is 1. The Labute approximate surface area is 178 Å². The minimum absolute atomic E-state index is 0.290. The van der Waals surface area contributed by atoms with Crippen molar-refractivity contribution < 1.29 is 15.0 Å². The molecule has 168 valence electrons. The molecule has 0 radical (unpaired) electrons. The van der Waals surface area contributed by atoms with Crippen LogP contribution < -0.4 is 0 Å². The number of unbranched alkanes of at least 4 members (excludes halogenated alkanes) is 13. The van der Waals surface area contributed by atoms with Gasteiger partial charge in [-0.15, -0.1) is 0 Å². The first kappa shape index (κ1) is 25.7. The lowest BCUT2D eigenvalue weighted by Crippen LogP contribution is -2.48. The molecule has 5 heteroatoms. The number of hydrogen-bond donors (Lipinski definition) is 2. The molecule has 0 saturated carbocycles. The molecule has 0 aromatic carbocycles. The summed E-state index contributed by atoms with van der Waals surface area (Å²) in [6.07, 6.45) is 24.2. The van der Waals surface area contributed by atoms with E-state index in [1.54, 1.807) is 11.2 Å². The molecule has 1 atom stereocenters. The fraction of sp³-hybridized carbons (Fsp3) is 0.833. The first-order chi connectivity index (χ1) is 14.1. The van der Waals surface area contributed by atoms with Crippen LogP contribution in [0.5, 0.6) is 0 Å². The zero-order chi connectivity index (χ0) is 21.2. The minimum atomic E-state index is -1.36. The molecular weight excluding hydrogens is 364 g/mol. The maximum absolute atomic E-state index is 11.1. The van der Waals surface area contributed by atoms with E-state index in [1.165, 1.54) is 77.0 Å². The van der Waals surface area contributed by atoms with Crippen molar-refractivity contribution in [3.8, 4) is 0 Å². The van der Waals surface area contributed by atoms with Gasteiger partial charge in [-0.05, 0) is 12.8 Å². The fourth-order valence-corrected chi connectivity index (χ4v) is 3.90. The van der Waals surface area contributed by atoms with Crippen molar-refractivity contribution in [2.24, 2.45) is 4.99 Å². The molecule has 1 heterocycles. The fourth-order valence-electron chi connectivity index (χ4n) is 3.90. The van der Waals surface area contributed by atoms with Crippen molar-refractivity contribution in [1.82, 2.24) is 4.90 Å². The van der Waals surface area contributed by atoms with Gasteiger partial charge in [-0.3, -0.25) is 9.79 Å². The molecule has 1 rings (SSSR count). The van der Waals surface area contributed by atoms with Gasteiger partial charge in [-0.2, -0.15) is 0 Å². The van der Waals surface area contributed by atoms with E-state index in [4.69, 9.17) is 5.11 Å². The lowest BCUT2D eigenvalue weighted by molar-refractivity contribution is -0.149. The average Bonchev–Trinajstić information content (AvgIpc) is 3.23. The van der Waals surface area contributed by atoms with Crippen LogP contribution in [-0.2, 0) is 4.79 Å². The molecule has 0 saturated heterocycles. The number of aliphatic hydroxyl groups is 1. The van der Waals surface area contributed by atoms with Gasteiger partial charge in [-0.25, -0.2) is 0 Å². The van der Waals surface area contributed by atoms with Crippen LogP contribution in [0.2, 0.25) is 0 Å². The second-order valence-electron chi connectivity index (χ2n) is 8.47. The van der Waals surface area contributed by atoms with E-state index in [9.17, 15) is 9.90 Å². The Balaban J connectivity index is 1.99. The van der Waals surface area contributed by atoms with Crippen LogP contribution in [0.4, 0.5) is 0 Å². The number of aliphatic imine (C=N–C) groups is 1. The van der Waals surface area contributed by atoms with Crippen LogP contribution in [0.15, 0.2) is 17.1 Å². The maximum atomic E-state index is 11.1. The standard InChI is InChI=1S/C24H44N2O3/c1-2-3-4-5-6-7-8-9-10-11-12-13-14-15-16-17-18-24(29,21-23(27)28)26-20-19-25-22-26/h16-17,22,29H,2-15,18-21H2,1H3,(H,27,28). The van der Waals surface area contributed by atoms with Crippen LogP contribution in [0.1, 0.15) is 110 Å². The zero-order valence-electron chi connectivity index (χ0n) is 18.7. The van der Waals surface area contributed by atoms with Crippen molar-refractivity contribution in [2.75, 3.05) is 13.1 Å². The number of carboxylic acids is 1. The van der Waals surface area contributed by atoms with Gasteiger partial charge >= 0.3 is 5.97 Å². The predicted octanol–water partition coefficient (Wildman–Crippen LogP) is 5.92. The van der Waals surface area contributed by atoms with Crippen molar-refractivity contribution >= 4 is 12.3 Å². The van der Waals surface area contributed by atoms with E-state index >= 15 is 0 Å². The highest BCUT2D eigenvalue weighted by Crippen LogP contribution is 2.22. The summed E-state index contributed by atoms with van der Waals surface area (Å²) in [6.45, 7) is 3.46. The Morgan fingerprint density at radius 2 is 1.52 bits per heavy atom. The topological polar surface area (TPSA) is 73.1 Å². The van der Waals surface area contributed by atoms with Gasteiger partial charge in [-0.1, -0.05) is 96.1 Å². The van der Waals surface area contributed by atoms with Gasteiger partial charge in [0.25, 0.3) is 0 Å². The van der Waals surface area contributed by atoms with Crippen LogP contribution in [0, 0.1) is 0 Å². The van der Waals surface area contributed by atoms with Gasteiger partial charge in [0.05, 0.1) is 19.3 Å². The van der Waals surface area contributed by atoms with E-state index in [0.717, 1.165) is 12.8 Å². The highest BCUT2D eigenvalue weighted by atomic mass is 16.4. The second kappa shape index (κ2) is 16.4. The Morgan fingerprint density at radius 1 is 0.966 bits per heavy atom. The number of allylic oxidation sites excluding steroid dienone is 1. The molecule has 1 aliphatic rings. The number of aliphatic carboxylic acids is 1. The molecule has 0 bridgehead atoms. The third-order valence-corrected chi connectivity index (χ3v) is 5.75. The van der Waals surface area contributed by atoms with Crippen molar-refractivity contribution in [2.45, 2.75) is 115 Å². The Morgan fingerprint density at radius 3 is 2.00 bits per heavy atom. The van der Waals surface area contributed by atoms with E-state index < -0.39 is 11.7 Å². The molecule has 0 aromatic rings. The Hall–Kier alpha value is -1.36. The van der Waals surface area contributed by atoms with Crippen LogP contribution in [0.3, 0.4) is 0 Å². The van der Waals surface area contributed by atoms with Gasteiger partial charge in [0.1, 0.15) is 0 Å². The second-order valence-corrected chi connectivity index (χ2v) is 8.47. The van der Waals surface area contributed by atoms with Crippen LogP contribution in [0.25, 0.3) is 0 Å². The number of rotatable bonds is 19. The highest BCUT2D eigenvalue weighted by molar-refractivity contribution is 5.69. The zero-order valence-corrected chi connectivity index (χ0v) is 18.7. The molecule has 0 spiro atoms. The Kier molecular flexibility index (Phi) is 14.6. The van der Waals surface area contributed by atoms with Gasteiger partial charge in [0.2, 0.25) is 0 Å². The quantitative estimate of drug-likeness (QED) is 0.205. The number of nitrogens with zero attached hydrogens (tertiary/aromatic N) is 2. The van der Waals surface area contributed by atoms with Gasteiger partial charge < -0.3 is 15.1 Å². The lowest BCUT2D eigenvalue weighted by atomic mass is 10.0. The molecular formula is C24H44N2O3. The first-order valence-electron chi connectivity index (χ1n) is 11.9. The normalized spacial score (nSPS) is 16.0. The molecule has 5 nitrogen and oxygen atoms in total. The van der Waals surface area contributed by atoms with E-state index in [0.29, 0.717) is 19.5 Å². The molecule has 0 fully saturated rings. The summed E-state index contributed by atoms with van der Waals surface area (Å²) >= 11 is 0.